The number of hydrogen-bond acceptors (Lipinski definition) is 4. The van der Waals surface area contributed by atoms with Gasteiger partial charge in [0.05, 0.1) is 11.7 Å². The molecule has 2 bridgehead atoms. The zero-order chi connectivity index (χ0) is 18.9. The minimum Gasteiger partial charge on any atom is -0.335 e. The van der Waals surface area contributed by atoms with Crippen LogP contribution in [0.1, 0.15) is 37.7 Å². The first-order chi connectivity index (χ1) is 13.0. The van der Waals surface area contributed by atoms with Crippen molar-refractivity contribution in [3.63, 3.8) is 0 Å². The van der Waals surface area contributed by atoms with Gasteiger partial charge in [0.15, 0.2) is 0 Å². The fourth-order valence-corrected chi connectivity index (χ4v) is 6.44. The van der Waals surface area contributed by atoms with E-state index in [-0.39, 0.29) is 36.0 Å². The van der Waals surface area contributed by atoms with Crippen molar-refractivity contribution in [2.75, 3.05) is 26.2 Å². The van der Waals surface area contributed by atoms with Gasteiger partial charge in [-0.2, -0.15) is 0 Å². The topological polar surface area (TPSA) is 69.7 Å². The highest BCUT2D eigenvalue weighted by molar-refractivity contribution is 7.88. The second kappa shape index (κ2) is 9.11. The number of carbonyl (C=O) groups excluding carboxylic acids is 1. The molecule has 0 spiro atoms. The Morgan fingerprint density at radius 1 is 1.07 bits per heavy atom. The number of fused-ring (bicyclic) bond motifs is 2. The van der Waals surface area contributed by atoms with E-state index < -0.39 is 10.0 Å². The van der Waals surface area contributed by atoms with E-state index in [9.17, 15) is 13.2 Å². The van der Waals surface area contributed by atoms with Gasteiger partial charge in [-0.05, 0) is 44.2 Å². The molecule has 1 aromatic carbocycles. The third kappa shape index (κ3) is 4.53. The van der Waals surface area contributed by atoms with Crippen LogP contribution in [-0.4, -0.2) is 61.8 Å². The van der Waals surface area contributed by atoms with Gasteiger partial charge in [0.2, 0.25) is 15.9 Å². The fraction of sp³-hybridized carbons (Fsp3) is 0.650. The molecular formula is C20H30ClN3O3S. The monoisotopic (exact) mass is 427 g/mol. The maximum absolute atomic E-state index is 13.3. The molecule has 0 aromatic heterocycles. The van der Waals surface area contributed by atoms with Gasteiger partial charge in [-0.1, -0.05) is 30.3 Å². The van der Waals surface area contributed by atoms with Crippen LogP contribution < -0.4 is 5.32 Å². The zero-order valence-corrected chi connectivity index (χ0v) is 17.8. The van der Waals surface area contributed by atoms with Crippen LogP contribution in [0.15, 0.2) is 30.3 Å². The number of hydrogen-bond donors (Lipinski definition) is 1. The van der Waals surface area contributed by atoms with Crippen molar-refractivity contribution in [3.8, 4) is 0 Å². The van der Waals surface area contributed by atoms with Crippen molar-refractivity contribution < 1.29 is 13.2 Å². The maximum Gasteiger partial charge on any atom is 0.227 e. The van der Waals surface area contributed by atoms with Crippen molar-refractivity contribution in [1.29, 1.82) is 0 Å². The molecule has 3 saturated heterocycles. The zero-order valence-electron chi connectivity index (χ0n) is 16.1. The van der Waals surface area contributed by atoms with Crippen LogP contribution in [0.5, 0.6) is 0 Å². The second-order valence-corrected chi connectivity index (χ2v) is 10.0. The average molecular weight is 428 g/mol. The molecule has 6 nitrogen and oxygen atoms in total. The van der Waals surface area contributed by atoms with Gasteiger partial charge in [0, 0.05) is 31.7 Å². The Morgan fingerprint density at radius 3 is 2.61 bits per heavy atom. The molecule has 1 amide bonds. The Morgan fingerprint density at radius 2 is 1.82 bits per heavy atom. The van der Waals surface area contributed by atoms with E-state index in [0.717, 1.165) is 50.8 Å². The van der Waals surface area contributed by atoms with Crippen LogP contribution in [-0.2, 0) is 20.6 Å². The molecule has 1 N–H and O–H groups in total. The summed E-state index contributed by atoms with van der Waals surface area (Å²) >= 11 is 0. The first-order valence-corrected chi connectivity index (χ1v) is 11.7. The van der Waals surface area contributed by atoms with E-state index in [2.05, 4.69) is 10.2 Å². The highest BCUT2D eigenvalue weighted by atomic mass is 35.5. The molecule has 1 aromatic rings. The molecule has 3 unspecified atom stereocenters. The number of carbonyl (C=O) groups is 1. The Bertz CT molecular complexity index is 760. The molecule has 4 rings (SSSR count). The number of sulfonamides is 1. The SMILES string of the molecule is Cl.O=C(C1CCCN(S(=O)(=O)Cc2ccccc2)C1)N1C2CCNCC1CC2. The van der Waals surface area contributed by atoms with Gasteiger partial charge in [0.25, 0.3) is 0 Å². The van der Waals surface area contributed by atoms with Crippen LogP contribution in [0.2, 0.25) is 0 Å². The average Bonchev–Trinajstić information content (AvgIpc) is 2.94. The van der Waals surface area contributed by atoms with Crippen molar-refractivity contribution in [2.24, 2.45) is 5.92 Å². The van der Waals surface area contributed by atoms with E-state index in [1.54, 1.807) is 4.31 Å². The minimum absolute atomic E-state index is 0. The molecule has 3 fully saturated rings. The summed E-state index contributed by atoms with van der Waals surface area (Å²) in [7, 11) is -3.40. The largest absolute Gasteiger partial charge is 0.335 e. The normalized spacial score (nSPS) is 28.4. The number of rotatable bonds is 4. The predicted octanol–water partition coefficient (Wildman–Crippen LogP) is 2.00. The lowest BCUT2D eigenvalue weighted by Gasteiger charge is -2.36. The predicted molar refractivity (Wildman–Crippen MR) is 112 cm³/mol. The Kier molecular flexibility index (Phi) is 7.02. The van der Waals surface area contributed by atoms with Gasteiger partial charge in [0.1, 0.15) is 0 Å². The molecule has 3 aliphatic rings. The third-order valence-corrected chi connectivity index (χ3v) is 8.04. The van der Waals surface area contributed by atoms with Crippen LogP contribution in [0.3, 0.4) is 0 Å². The number of amides is 1. The highest BCUT2D eigenvalue weighted by Crippen LogP contribution is 2.32. The summed E-state index contributed by atoms with van der Waals surface area (Å²) in [6.45, 7) is 2.68. The molecule has 0 aliphatic carbocycles. The van der Waals surface area contributed by atoms with E-state index in [0.29, 0.717) is 19.1 Å². The van der Waals surface area contributed by atoms with Gasteiger partial charge in [-0.25, -0.2) is 12.7 Å². The molecule has 3 aliphatic heterocycles. The van der Waals surface area contributed by atoms with Crippen LogP contribution in [0, 0.1) is 5.92 Å². The number of piperidine rings is 1. The lowest BCUT2D eigenvalue weighted by atomic mass is 9.97. The number of nitrogens with one attached hydrogen (secondary N) is 1. The molecule has 3 atom stereocenters. The van der Waals surface area contributed by atoms with Gasteiger partial charge >= 0.3 is 0 Å². The minimum atomic E-state index is -3.40. The number of nitrogens with zero attached hydrogens (tertiary/aromatic N) is 2. The van der Waals surface area contributed by atoms with Gasteiger partial charge in [-0.15, -0.1) is 12.4 Å². The fourth-order valence-electron chi connectivity index (χ4n) is 4.83. The first-order valence-electron chi connectivity index (χ1n) is 10.1. The maximum atomic E-state index is 13.3. The Labute approximate surface area is 174 Å². The van der Waals surface area contributed by atoms with Crippen molar-refractivity contribution in [3.05, 3.63) is 35.9 Å². The number of halogens is 1. The summed E-state index contributed by atoms with van der Waals surface area (Å²) < 4.78 is 27.3. The van der Waals surface area contributed by atoms with Crippen LogP contribution in [0.4, 0.5) is 0 Å². The van der Waals surface area contributed by atoms with E-state index >= 15 is 0 Å². The van der Waals surface area contributed by atoms with Crippen LogP contribution in [0.25, 0.3) is 0 Å². The van der Waals surface area contributed by atoms with E-state index in [1.807, 2.05) is 30.3 Å². The second-order valence-electron chi connectivity index (χ2n) is 8.06. The molecule has 0 radical (unpaired) electrons. The quantitative estimate of drug-likeness (QED) is 0.797. The smallest absolute Gasteiger partial charge is 0.227 e. The van der Waals surface area contributed by atoms with Gasteiger partial charge in [-0.3, -0.25) is 4.79 Å². The molecule has 3 heterocycles. The standard InChI is InChI=1S/C20H29N3O3S.ClH/c24-20(23-18-8-9-19(23)13-21-11-10-18)17-7-4-12-22(14-17)27(25,26)15-16-5-2-1-3-6-16;/h1-3,5-6,17-19,21H,4,7-15H2;1H. The Hall–Kier alpha value is -1.15. The van der Waals surface area contributed by atoms with Crippen molar-refractivity contribution in [2.45, 2.75) is 49.9 Å². The van der Waals surface area contributed by atoms with Crippen molar-refractivity contribution in [1.82, 2.24) is 14.5 Å². The molecule has 156 valence electrons. The van der Waals surface area contributed by atoms with Crippen molar-refractivity contribution >= 4 is 28.3 Å². The summed E-state index contributed by atoms with van der Waals surface area (Å²) in [6, 6.07) is 9.89. The lowest BCUT2D eigenvalue weighted by molar-refractivity contribution is -0.139. The van der Waals surface area contributed by atoms with Crippen LogP contribution >= 0.6 is 12.4 Å². The third-order valence-electron chi connectivity index (χ3n) is 6.23. The Balaban J connectivity index is 0.00000225. The highest BCUT2D eigenvalue weighted by Gasteiger charge is 2.42. The summed E-state index contributed by atoms with van der Waals surface area (Å²) in [4.78, 5) is 15.4. The number of benzene rings is 1. The van der Waals surface area contributed by atoms with E-state index in [4.69, 9.17) is 0 Å². The molecule has 28 heavy (non-hydrogen) atoms. The van der Waals surface area contributed by atoms with E-state index in [1.165, 1.54) is 0 Å². The first kappa shape index (κ1) is 21.6. The lowest BCUT2D eigenvalue weighted by Crippen LogP contribution is -2.50. The summed E-state index contributed by atoms with van der Waals surface area (Å²) in [5.74, 6) is -0.0236. The summed E-state index contributed by atoms with van der Waals surface area (Å²) in [6.07, 6.45) is 4.70. The summed E-state index contributed by atoms with van der Waals surface area (Å²) in [5.41, 5.74) is 0.794. The van der Waals surface area contributed by atoms with Gasteiger partial charge < -0.3 is 10.2 Å². The molecular weight excluding hydrogens is 398 g/mol. The molecule has 8 heteroatoms. The summed E-state index contributed by atoms with van der Waals surface area (Å²) in [5, 5.41) is 3.43. The molecule has 0 saturated carbocycles.